The third-order valence-electron chi connectivity index (χ3n) is 4.74. The van der Waals surface area contributed by atoms with E-state index in [0.717, 1.165) is 37.6 Å². The number of thiophene rings is 1. The van der Waals surface area contributed by atoms with Gasteiger partial charge in [-0.1, -0.05) is 6.42 Å². The summed E-state index contributed by atoms with van der Waals surface area (Å²) in [4.78, 5) is 2.23. The summed E-state index contributed by atoms with van der Waals surface area (Å²) in [7, 11) is -3.81. The van der Waals surface area contributed by atoms with Crippen LogP contribution in [0, 0.1) is 5.82 Å². The molecule has 2 heterocycles. The molecule has 27 heavy (non-hydrogen) atoms. The van der Waals surface area contributed by atoms with Gasteiger partial charge in [0.05, 0.1) is 11.5 Å². The number of halogens is 1. The Hall–Kier alpha value is -1.48. The van der Waals surface area contributed by atoms with Crippen LogP contribution in [0.1, 0.15) is 37.8 Å². The first-order valence-corrected chi connectivity index (χ1v) is 11.6. The molecule has 1 aromatic heterocycles. The van der Waals surface area contributed by atoms with Crippen LogP contribution in [0.2, 0.25) is 0 Å². The maximum absolute atomic E-state index is 14.1. The number of rotatable bonds is 8. The monoisotopic (exact) mass is 412 g/mol. The second-order valence-electron chi connectivity index (χ2n) is 6.55. The van der Waals surface area contributed by atoms with Gasteiger partial charge in [0.1, 0.15) is 0 Å². The Morgan fingerprint density at radius 1 is 1.26 bits per heavy atom. The molecule has 0 aliphatic carbocycles. The van der Waals surface area contributed by atoms with E-state index in [9.17, 15) is 12.8 Å². The van der Waals surface area contributed by atoms with E-state index in [1.807, 2.05) is 11.4 Å². The normalized spacial score (nSPS) is 17.0. The number of ether oxygens (including phenoxy) is 1. The molecule has 1 atom stereocenters. The summed E-state index contributed by atoms with van der Waals surface area (Å²) in [6, 6.07) is 5.76. The minimum atomic E-state index is -3.81. The van der Waals surface area contributed by atoms with Crippen molar-refractivity contribution in [2.24, 2.45) is 0 Å². The van der Waals surface area contributed by atoms with Gasteiger partial charge in [-0.15, -0.1) is 0 Å². The van der Waals surface area contributed by atoms with Crippen LogP contribution in [0.25, 0.3) is 0 Å². The number of piperidine rings is 1. The van der Waals surface area contributed by atoms with Gasteiger partial charge >= 0.3 is 0 Å². The average molecular weight is 413 g/mol. The lowest BCUT2D eigenvalue weighted by molar-refractivity contribution is 0.165. The lowest BCUT2D eigenvalue weighted by Gasteiger charge is -2.34. The van der Waals surface area contributed by atoms with E-state index in [0.29, 0.717) is 6.61 Å². The van der Waals surface area contributed by atoms with E-state index in [-0.39, 0.29) is 23.2 Å². The van der Waals surface area contributed by atoms with E-state index >= 15 is 0 Å². The highest BCUT2D eigenvalue weighted by Gasteiger charge is 2.25. The largest absolute Gasteiger partial charge is 0.491 e. The van der Waals surface area contributed by atoms with Crippen LogP contribution >= 0.6 is 11.3 Å². The first-order chi connectivity index (χ1) is 13.0. The van der Waals surface area contributed by atoms with Crippen molar-refractivity contribution in [3.05, 3.63) is 46.4 Å². The predicted molar refractivity (Wildman–Crippen MR) is 105 cm³/mol. The van der Waals surface area contributed by atoms with Crippen molar-refractivity contribution in [3.63, 3.8) is 0 Å². The topological polar surface area (TPSA) is 58.6 Å². The molecule has 0 radical (unpaired) electrons. The van der Waals surface area contributed by atoms with Gasteiger partial charge in [0.25, 0.3) is 0 Å². The summed E-state index contributed by atoms with van der Waals surface area (Å²) < 4.78 is 47.2. The van der Waals surface area contributed by atoms with E-state index in [1.54, 1.807) is 18.3 Å². The van der Waals surface area contributed by atoms with Gasteiger partial charge in [-0.05, 0) is 73.4 Å². The fourth-order valence-electron chi connectivity index (χ4n) is 3.35. The van der Waals surface area contributed by atoms with Crippen molar-refractivity contribution in [1.29, 1.82) is 0 Å². The molecule has 1 aliphatic heterocycles. The number of sulfonamides is 1. The van der Waals surface area contributed by atoms with Gasteiger partial charge in [-0.25, -0.2) is 17.5 Å². The highest BCUT2D eigenvalue weighted by atomic mass is 32.2. The molecule has 1 unspecified atom stereocenters. The molecule has 0 spiro atoms. The molecule has 1 fully saturated rings. The molecule has 0 saturated carbocycles. The third kappa shape index (κ3) is 5.07. The molecule has 2 aromatic rings. The smallest absolute Gasteiger partial charge is 0.240 e. The van der Waals surface area contributed by atoms with Crippen molar-refractivity contribution in [2.75, 3.05) is 26.2 Å². The second-order valence-corrected chi connectivity index (χ2v) is 9.09. The Kier molecular flexibility index (Phi) is 6.86. The number of nitrogens with zero attached hydrogens (tertiary/aromatic N) is 1. The minimum absolute atomic E-state index is 0.0149. The average Bonchev–Trinajstić information content (AvgIpc) is 3.19. The van der Waals surface area contributed by atoms with Crippen LogP contribution in [0.4, 0.5) is 4.39 Å². The Balaban J connectivity index is 1.74. The summed E-state index contributed by atoms with van der Waals surface area (Å²) in [5, 5.41) is 4.06. The highest BCUT2D eigenvalue weighted by molar-refractivity contribution is 7.89. The zero-order chi connectivity index (χ0) is 19.3. The molecule has 0 amide bonds. The van der Waals surface area contributed by atoms with Crippen molar-refractivity contribution in [2.45, 2.75) is 37.1 Å². The fraction of sp³-hybridized carbons (Fsp3) is 0.474. The zero-order valence-corrected chi connectivity index (χ0v) is 17.0. The molecule has 0 bridgehead atoms. The first-order valence-electron chi connectivity index (χ1n) is 9.19. The van der Waals surface area contributed by atoms with Crippen LogP contribution < -0.4 is 9.46 Å². The minimum Gasteiger partial charge on any atom is -0.491 e. The second kappa shape index (κ2) is 9.14. The van der Waals surface area contributed by atoms with E-state index in [4.69, 9.17) is 4.74 Å². The van der Waals surface area contributed by atoms with Gasteiger partial charge in [0, 0.05) is 12.6 Å². The van der Waals surface area contributed by atoms with Gasteiger partial charge < -0.3 is 4.74 Å². The Bertz CT molecular complexity index is 835. The third-order valence-corrected chi connectivity index (χ3v) is 6.86. The SMILES string of the molecule is CCOc1ccc(S(=O)(=O)NCC(c2ccsc2)N2CCCCC2)cc1F. The molecule has 1 saturated heterocycles. The van der Waals surface area contributed by atoms with Gasteiger partial charge in [-0.2, -0.15) is 11.3 Å². The van der Waals surface area contributed by atoms with E-state index < -0.39 is 15.8 Å². The summed E-state index contributed by atoms with van der Waals surface area (Å²) in [6.45, 7) is 4.24. The molecule has 1 N–H and O–H groups in total. The fourth-order valence-corrected chi connectivity index (χ4v) is 5.10. The van der Waals surface area contributed by atoms with Gasteiger partial charge in [0.2, 0.25) is 10.0 Å². The predicted octanol–water partition coefficient (Wildman–Crippen LogP) is 3.79. The van der Waals surface area contributed by atoms with E-state index in [1.165, 1.54) is 18.6 Å². The summed E-state index contributed by atoms with van der Waals surface area (Å²) >= 11 is 1.60. The molecular weight excluding hydrogens is 387 g/mol. The Morgan fingerprint density at radius 2 is 2.04 bits per heavy atom. The Labute approximate surface area is 164 Å². The number of likely N-dealkylation sites (tertiary alicyclic amines) is 1. The lowest BCUT2D eigenvalue weighted by atomic mass is 10.0. The molecule has 1 aliphatic rings. The van der Waals surface area contributed by atoms with Crippen LogP contribution in [-0.4, -0.2) is 39.6 Å². The molecule has 8 heteroatoms. The highest BCUT2D eigenvalue weighted by Crippen LogP contribution is 2.27. The zero-order valence-electron chi connectivity index (χ0n) is 15.4. The van der Waals surface area contributed by atoms with Crippen LogP contribution in [0.5, 0.6) is 5.75 Å². The molecule has 3 rings (SSSR count). The number of nitrogens with one attached hydrogen (secondary N) is 1. The molecule has 1 aromatic carbocycles. The quantitative estimate of drug-likeness (QED) is 0.717. The van der Waals surface area contributed by atoms with Gasteiger partial charge in [-0.3, -0.25) is 4.90 Å². The van der Waals surface area contributed by atoms with Crippen molar-refractivity contribution in [1.82, 2.24) is 9.62 Å². The summed E-state index contributed by atoms with van der Waals surface area (Å²) in [6.07, 6.45) is 3.46. The molecule has 5 nitrogen and oxygen atoms in total. The van der Waals surface area contributed by atoms with Crippen molar-refractivity contribution >= 4 is 21.4 Å². The maximum Gasteiger partial charge on any atom is 0.240 e. The Morgan fingerprint density at radius 3 is 2.67 bits per heavy atom. The summed E-state index contributed by atoms with van der Waals surface area (Å²) in [5.41, 5.74) is 1.11. The number of benzene rings is 1. The van der Waals surface area contributed by atoms with Crippen LogP contribution in [0.15, 0.2) is 39.9 Å². The van der Waals surface area contributed by atoms with Gasteiger partial charge in [0.15, 0.2) is 11.6 Å². The van der Waals surface area contributed by atoms with E-state index in [2.05, 4.69) is 15.0 Å². The number of hydrogen-bond acceptors (Lipinski definition) is 5. The van der Waals surface area contributed by atoms with Crippen LogP contribution in [0.3, 0.4) is 0 Å². The molecular formula is C19H25FN2O3S2. The maximum atomic E-state index is 14.1. The first kappa shape index (κ1) is 20.3. The lowest BCUT2D eigenvalue weighted by Crippen LogP contribution is -2.40. The van der Waals surface area contributed by atoms with Crippen LogP contribution in [-0.2, 0) is 10.0 Å². The van der Waals surface area contributed by atoms with Crippen molar-refractivity contribution < 1.29 is 17.5 Å². The van der Waals surface area contributed by atoms with Crippen molar-refractivity contribution in [3.8, 4) is 5.75 Å². The summed E-state index contributed by atoms with van der Waals surface area (Å²) in [5.74, 6) is -0.619. The number of hydrogen-bond donors (Lipinski definition) is 1. The standard InChI is InChI=1S/C19H25FN2O3S2/c1-2-25-19-7-6-16(12-17(19)20)27(23,24)21-13-18(15-8-11-26-14-15)22-9-4-3-5-10-22/h6-8,11-12,14,18,21H,2-5,9-10,13H2,1H3. The molecule has 148 valence electrons.